The van der Waals surface area contributed by atoms with E-state index < -0.39 is 0 Å². The predicted molar refractivity (Wildman–Crippen MR) is 74.6 cm³/mol. The number of likely N-dealkylation sites (N-methyl/N-ethyl adjacent to an activating group) is 1. The Balaban J connectivity index is 4.16. The van der Waals surface area contributed by atoms with Gasteiger partial charge < -0.3 is 20.6 Å². The van der Waals surface area contributed by atoms with Crippen molar-refractivity contribution in [3.8, 4) is 0 Å². The van der Waals surface area contributed by atoms with Crippen molar-refractivity contribution in [2.45, 2.75) is 45.7 Å². The van der Waals surface area contributed by atoms with Gasteiger partial charge in [-0.1, -0.05) is 13.8 Å². The zero-order valence-electron chi connectivity index (χ0n) is 12.4. The van der Waals surface area contributed by atoms with Crippen LogP contribution < -0.4 is 10.6 Å². The summed E-state index contributed by atoms with van der Waals surface area (Å²) in [5.74, 6) is 0.546. The van der Waals surface area contributed by atoms with E-state index >= 15 is 0 Å². The van der Waals surface area contributed by atoms with E-state index in [0.717, 1.165) is 13.0 Å². The molecule has 3 N–H and O–H groups in total. The zero-order valence-corrected chi connectivity index (χ0v) is 12.4. The van der Waals surface area contributed by atoms with E-state index in [1.54, 1.807) is 0 Å². The Labute approximate surface area is 111 Å². The number of nitrogens with zero attached hydrogens (tertiary/aromatic N) is 1. The molecule has 1 unspecified atom stereocenters. The van der Waals surface area contributed by atoms with E-state index in [0.29, 0.717) is 12.3 Å². The molecule has 0 bridgehead atoms. The van der Waals surface area contributed by atoms with Crippen LogP contribution in [0.4, 0.5) is 4.79 Å². The monoisotopic (exact) mass is 259 g/mol. The molecular formula is C13H29N3O2. The van der Waals surface area contributed by atoms with Crippen LogP contribution in [0.2, 0.25) is 0 Å². The molecule has 0 spiro atoms. The van der Waals surface area contributed by atoms with E-state index in [2.05, 4.69) is 29.4 Å². The minimum absolute atomic E-state index is 0.00550. The lowest BCUT2D eigenvalue weighted by atomic mass is 10.0. The molecule has 0 aliphatic rings. The Bertz CT molecular complexity index is 222. The molecule has 0 aromatic heterocycles. The number of carbonyl (C=O) groups excluding carboxylic acids is 1. The molecule has 0 aliphatic heterocycles. The van der Waals surface area contributed by atoms with Crippen molar-refractivity contribution in [2.24, 2.45) is 5.92 Å². The summed E-state index contributed by atoms with van der Waals surface area (Å²) in [4.78, 5) is 13.9. The van der Waals surface area contributed by atoms with Gasteiger partial charge in [0.25, 0.3) is 0 Å². The van der Waals surface area contributed by atoms with Crippen LogP contribution in [0.25, 0.3) is 0 Å². The van der Waals surface area contributed by atoms with Crippen LogP contribution >= 0.6 is 0 Å². The Morgan fingerprint density at radius 3 is 2.28 bits per heavy atom. The van der Waals surface area contributed by atoms with Gasteiger partial charge in [0.05, 0.1) is 0 Å². The number of hydrogen-bond donors (Lipinski definition) is 3. The lowest BCUT2D eigenvalue weighted by Gasteiger charge is -2.25. The second-order valence-corrected chi connectivity index (χ2v) is 5.62. The number of aliphatic hydroxyl groups is 1. The Morgan fingerprint density at radius 2 is 1.83 bits per heavy atom. The van der Waals surface area contributed by atoms with Gasteiger partial charge in [0, 0.05) is 25.2 Å². The molecule has 18 heavy (non-hydrogen) atoms. The van der Waals surface area contributed by atoms with Gasteiger partial charge in [0.2, 0.25) is 0 Å². The van der Waals surface area contributed by atoms with Gasteiger partial charge in [-0.25, -0.2) is 4.79 Å². The minimum Gasteiger partial charge on any atom is -0.396 e. The van der Waals surface area contributed by atoms with Crippen LogP contribution in [0.15, 0.2) is 0 Å². The first-order valence-electron chi connectivity index (χ1n) is 6.67. The third-order valence-corrected chi connectivity index (χ3v) is 2.62. The molecule has 2 atom stereocenters. The van der Waals surface area contributed by atoms with Crippen molar-refractivity contribution in [2.75, 3.05) is 27.2 Å². The summed E-state index contributed by atoms with van der Waals surface area (Å²) in [6, 6.07) is -0.00108. The molecule has 0 heterocycles. The molecule has 5 nitrogen and oxygen atoms in total. The molecule has 5 heteroatoms. The van der Waals surface area contributed by atoms with E-state index in [9.17, 15) is 4.79 Å². The number of nitrogens with one attached hydrogen (secondary N) is 2. The number of rotatable bonds is 8. The van der Waals surface area contributed by atoms with Crippen molar-refractivity contribution in [1.29, 1.82) is 0 Å². The number of aliphatic hydroxyl groups excluding tert-OH is 1. The smallest absolute Gasteiger partial charge is 0.315 e. The van der Waals surface area contributed by atoms with Crippen LogP contribution in [0.5, 0.6) is 0 Å². The van der Waals surface area contributed by atoms with Crippen molar-refractivity contribution >= 4 is 6.03 Å². The van der Waals surface area contributed by atoms with Gasteiger partial charge >= 0.3 is 6.03 Å². The highest BCUT2D eigenvalue weighted by atomic mass is 16.3. The van der Waals surface area contributed by atoms with Gasteiger partial charge in [-0.15, -0.1) is 0 Å². The lowest BCUT2D eigenvalue weighted by molar-refractivity contribution is 0.221. The van der Waals surface area contributed by atoms with Crippen LogP contribution in [0.3, 0.4) is 0 Å². The topological polar surface area (TPSA) is 64.6 Å². The molecule has 0 fully saturated rings. The highest BCUT2D eigenvalue weighted by molar-refractivity contribution is 5.74. The van der Waals surface area contributed by atoms with E-state index in [4.69, 9.17) is 5.11 Å². The Morgan fingerprint density at radius 1 is 1.22 bits per heavy atom. The Kier molecular flexibility index (Phi) is 8.75. The summed E-state index contributed by atoms with van der Waals surface area (Å²) < 4.78 is 0. The lowest BCUT2D eigenvalue weighted by Crippen LogP contribution is -2.49. The van der Waals surface area contributed by atoms with Crippen molar-refractivity contribution in [3.05, 3.63) is 0 Å². The fraction of sp³-hybridized carbons (Fsp3) is 0.923. The number of urea groups is 1. The number of amides is 2. The summed E-state index contributed by atoms with van der Waals surface area (Å²) in [7, 11) is 4.00. The molecule has 0 aromatic carbocycles. The molecule has 0 radical (unpaired) electrons. The summed E-state index contributed by atoms with van der Waals surface area (Å²) in [5, 5.41) is 14.6. The number of hydrogen-bond acceptors (Lipinski definition) is 3. The molecule has 0 aromatic rings. The number of carbonyl (C=O) groups is 1. The molecule has 0 aliphatic carbocycles. The molecule has 0 saturated heterocycles. The van der Waals surface area contributed by atoms with E-state index in [-0.39, 0.29) is 24.7 Å². The van der Waals surface area contributed by atoms with E-state index in [1.165, 1.54) is 0 Å². The third-order valence-electron chi connectivity index (χ3n) is 2.62. The quantitative estimate of drug-likeness (QED) is 0.610. The van der Waals surface area contributed by atoms with Crippen molar-refractivity contribution < 1.29 is 9.90 Å². The molecule has 108 valence electrons. The van der Waals surface area contributed by atoms with Gasteiger partial charge in [-0.2, -0.15) is 0 Å². The normalized spacial score (nSPS) is 14.7. The predicted octanol–water partition coefficient (Wildman–Crippen LogP) is 1.03. The first-order valence-corrected chi connectivity index (χ1v) is 6.67. The summed E-state index contributed by atoms with van der Waals surface area (Å²) in [6.45, 7) is 7.11. The minimum atomic E-state index is -0.150. The van der Waals surface area contributed by atoms with Crippen LogP contribution in [0.1, 0.15) is 33.6 Å². The fourth-order valence-corrected chi connectivity index (χ4v) is 1.91. The average Bonchev–Trinajstić information content (AvgIpc) is 2.14. The highest BCUT2D eigenvalue weighted by Gasteiger charge is 2.15. The van der Waals surface area contributed by atoms with Crippen molar-refractivity contribution in [3.63, 3.8) is 0 Å². The van der Waals surface area contributed by atoms with E-state index in [1.807, 2.05) is 21.0 Å². The van der Waals surface area contributed by atoms with Crippen LogP contribution in [-0.2, 0) is 0 Å². The highest BCUT2D eigenvalue weighted by Crippen LogP contribution is 2.05. The van der Waals surface area contributed by atoms with Crippen molar-refractivity contribution in [1.82, 2.24) is 15.5 Å². The molecule has 2 amide bonds. The standard InChI is InChI=1S/C13H29N3O2/c1-10(2)8-12(9-16(4)5)15-13(18)14-11(3)6-7-17/h10-12,17H,6-9H2,1-5H3,(H2,14,15,18)/t11-,12?/m1/s1. The summed E-state index contributed by atoms with van der Waals surface area (Å²) in [6.07, 6.45) is 1.54. The first kappa shape index (κ1) is 17.2. The average molecular weight is 259 g/mol. The largest absolute Gasteiger partial charge is 0.396 e. The van der Waals surface area contributed by atoms with Crippen LogP contribution in [0, 0.1) is 5.92 Å². The van der Waals surface area contributed by atoms with Gasteiger partial charge in [-0.05, 0) is 39.8 Å². The molecule has 0 saturated carbocycles. The maximum Gasteiger partial charge on any atom is 0.315 e. The first-order chi connectivity index (χ1) is 8.35. The maximum atomic E-state index is 11.8. The SMILES string of the molecule is CC(C)CC(CN(C)C)NC(=O)N[C@H](C)CCO. The molecule has 0 rings (SSSR count). The van der Waals surface area contributed by atoms with Gasteiger partial charge in [-0.3, -0.25) is 0 Å². The fourth-order valence-electron chi connectivity index (χ4n) is 1.91. The maximum absolute atomic E-state index is 11.8. The second kappa shape index (κ2) is 9.16. The van der Waals surface area contributed by atoms with Gasteiger partial charge in [0.1, 0.15) is 0 Å². The van der Waals surface area contributed by atoms with Gasteiger partial charge in [0.15, 0.2) is 0 Å². The Hall–Kier alpha value is -0.810. The summed E-state index contributed by atoms with van der Waals surface area (Å²) >= 11 is 0. The molecular weight excluding hydrogens is 230 g/mol. The van der Waals surface area contributed by atoms with Crippen LogP contribution in [-0.4, -0.2) is 55.4 Å². The summed E-state index contributed by atoms with van der Waals surface area (Å²) in [5.41, 5.74) is 0. The zero-order chi connectivity index (χ0) is 14.1. The second-order valence-electron chi connectivity index (χ2n) is 5.62. The third kappa shape index (κ3) is 9.24.